The topological polar surface area (TPSA) is 67.0 Å². The van der Waals surface area contributed by atoms with Gasteiger partial charge in [-0.25, -0.2) is 4.98 Å². The largest absolute Gasteiger partial charge is 0.478 e. The van der Waals surface area contributed by atoms with Gasteiger partial charge in [0, 0.05) is 17.8 Å². The first-order valence-corrected chi connectivity index (χ1v) is 7.19. The van der Waals surface area contributed by atoms with Gasteiger partial charge in [-0.15, -0.1) is 0 Å². The van der Waals surface area contributed by atoms with Crippen LogP contribution < -0.4 is 10.1 Å². The van der Waals surface area contributed by atoms with Gasteiger partial charge < -0.3 is 15.0 Å². The minimum atomic E-state index is -0.0687. The van der Waals surface area contributed by atoms with Gasteiger partial charge in [-0.05, 0) is 42.1 Å². The normalized spacial score (nSPS) is 10.6. The van der Waals surface area contributed by atoms with Crippen molar-refractivity contribution in [1.29, 1.82) is 0 Å². The first-order valence-electron chi connectivity index (χ1n) is 7.19. The number of nitrogens with one attached hydrogen (secondary N) is 2. The van der Waals surface area contributed by atoms with Crippen LogP contribution in [0.2, 0.25) is 0 Å². The van der Waals surface area contributed by atoms with Crippen LogP contribution in [0, 0.1) is 0 Å². The molecule has 2 aromatic heterocycles. The average molecular weight is 295 g/mol. The first-order chi connectivity index (χ1) is 10.7. The second kappa shape index (κ2) is 6.30. The molecule has 0 fully saturated rings. The van der Waals surface area contributed by atoms with Crippen LogP contribution in [0.4, 0.5) is 5.69 Å². The third-order valence-corrected chi connectivity index (χ3v) is 3.29. The van der Waals surface area contributed by atoms with Gasteiger partial charge in [-0.3, -0.25) is 4.79 Å². The summed E-state index contributed by atoms with van der Waals surface area (Å²) >= 11 is 0. The molecule has 5 nitrogen and oxygen atoms in total. The number of rotatable bonds is 5. The fraction of sp³-hybridized carbons (Fsp3) is 0.176. The fourth-order valence-electron chi connectivity index (χ4n) is 2.29. The maximum Gasteiger partial charge on any atom is 0.228 e. The Hall–Kier alpha value is -2.82. The molecular weight excluding hydrogens is 278 g/mol. The van der Waals surface area contributed by atoms with E-state index in [9.17, 15) is 4.79 Å². The number of anilines is 1. The molecule has 1 amide bonds. The average Bonchev–Trinajstić information content (AvgIpc) is 2.97. The van der Waals surface area contributed by atoms with Crippen molar-refractivity contribution in [1.82, 2.24) is 9.97 Å². The minimum Gasteiger partial charge on any atom is -0.478 e. The lowest BCUT2D eigenvalue weighted by Crippen LogP contribution is -2.14. The molecule has 0 saturated heterocycles. The van der Waals surface area contributed by atoms with Gasteiger partial charge in [-0.1, -0.05) is 6.07 Å². The van der Waals surface area contributed by atoms with Gasteiger partial charge >= 0.3 is 0 Å². The molecule has 22 heavy (non-hydrogen) atoms. The van der Waals surface area contributed by atoms with E-state index >= 15 is 0 Å². The van der Waals surface area contributed by atoms with Gasteiger partial charge in [0.05, 0.1) is 24.9 Å². The van der Waals surface area contributed by atoms with Gasteiger partial charge in [0.2, 0.25) is 11.8 Å². The van der Waals surface area contributed by atoms with E-state index < -0.39 is 0 Å². The SMILES string of the molecule is CCOc1ccc(NC(=O)Cc2ccc3[nH]ccc3c2)cn1. The standard InChI is InChI=1S/C17H17N3O2/c1-2-22-17-6-4-14(11-19-17)20-16(21)10-12-3-5-15-13(9-12)7-8-18-15/h3-9,11,18H,2,10H2,1H3,(H,20,21). The van der Waals surface area contributed by atoms with Crippen LogP contribution in [0.5, 0.6) is 5.88 Å². The molecule has 1 aromatic carbocycles. The highest BCUT2D eigenvalue weighted by Crippen LogP contribution is 2.16. The summed E-state index contributed by atoms with van der Waals surface area (Å²) < 4.78 is 5.27. The summed E-state index contributed by atoms with van der Waals surface area (Å²) in [5.41, 5.74) is 2.71. The number of carbonyl (C=O) groups is 1. The predicted octanol–water partition coefficient (Wildman–Crippen LogP) is 3.14. The van der Waals surface area contributed by atoms with Crippen LogP contribution in [0.15, 0.2) is 48.8 Å². The van der Waals surface area contributed by atoms with Crippen LogP contribution in [0.25, 0.3) is 10.9 Å². The van der Waals surface area contributed by atoms with E-state index in [4.69, 9.17) is 4.74 Å². The van der Waals surface area contributed by atoms with Crippen LogP contribution >= 0.6 is 0 Å². The first kappa shape index (κ1) is 14.1. The number of amides is 1. The number of fused-ring (bicyclic) bond motifs is 1. The van der Waals surface area contributed by atoms with Crippen molar-refractivity contribution in [3.63, 3.8) is 0 Å². The second-order valence-corrected chi connectivity index (χ2v) is 4.94. The lowest BCUT2D eigenvalue weighted by molar-refractivity contribution is -0.115. The number of H-pyrrole nitrogens is 1. The number of ether oxygens (including phenoxy) is 1. The summed E-state index contributed by atoms with van der Waals surface area (Å²) in [6.07, 6.45) is 3.81. The van der Waals surface area contributed by atoms with Gasteiger partial charge in [0.25, 0.3) is 0 Å². The Labute approximate surface area is 128 Å². The van der Waals surface area contributed by atoms with E-state index in [1.807, 2.05) is 37.4 Å². The van der Waals surface area contributed by atoms with Crippen molar-refractivity contribution < 1.29 is 9.53 Å². The quantitative estimate of drug-likeness (QED) is 0.760. The molecule has 0 bridgehead atoms. The molecule has 3 rings (SSSR count). The molecule has 0 unspecified atom stereocenters. The van der Waals surface area contributed by atoms with Gasteiger partial charge in [-0.2, -0.15) is 0 Å². The molecule has 0 spiro atoms. The molecule has 0 aliphatic rings. The lowest BCUT2D eigenvalue weighted by Gasteiger charge is -2.06. The van der Waals surface area contributed by atoms with Crippen molar-refractivity contribution in [3.05, 3.63) is 54.4 Å². The zero-order chi connectivity index (χ0) is 15.4. The molecule has 0 aliphatic heterocycles. The number of carbonyl (C=O) groups excluding carboxylic acids is 1. The summed E-state index contributed by atoms with van der Waals surface area (Å²) in [4.78, 5) is 19.3. The minimum absolute atomic E-state index is 0.0687. The predicted molar refractivity (Wildman–Crippen MR) is 86.0 cm³/mol. The maximum atomic E-state index is 12.1. The maximum absolute atomic E-state index is 12.1. The Bertz CT molecular complexity index is 778. The highest BCUT2D eigenvalue weighted by molar-refractivity contribution is 5.93. The Kier molecular flexibility index (Phi) is 4.05. The highest BCUT2D eigenvalue weighted by Gasteiger charge is 2.06. The van der Waals surface area contributed by atoms with Crippen molar-refractivity contribution >= 4 is 22.5 Å². The smallest absolute Gasteiger partial charge is 0.228 e. The number of aromatic amines is 1. The summed E-state index contributed by atoms with van der Waals surface area (Å²) in [6, 6.07) is 11.5. The molecule has 0 saturated carbocycles. The van der Waals surface area contributed by atoms with Crippen molar-refractivity contribution in [2.45, 2.75) is 13.3 Å². The molecule has 2 heterocycles. The van der Waals surface area contributed by atoms with E-state index in [0.29, 0.717) is 24.6 Å². The third-order valence-electron chi connectivity index (χ3n) is 3.29. The molecule has 0 atom stereocenters. The van der Waals surface area contributed by atoms with E-state index in [1.54, 1.807) is 18.3 Å². The van der Waals surface area contributed by atoms with Crippen LogP contribution in [-0.2, 0) is 11.2 Å². The van der Waals surface area contributed by atoms with Crippen molar-refractivity contribution in [3.8, 4) is 5.88 Å². The number of hydrogen-bond acceptors (Lipinski definition) is 3. The Morgan fingerprint density at radius 2 is 2.18 bits per heavy atom. The lowest BCUT2D eigenvalue weighted by atomic mass is 10.1. The van der Waals surface area contributed by atoms with Crippen molar-refractivity contribution in [2.75, 3.05) is 11.9 Å². The molecular formula is C17H17N3O2. The molecule has 3 aromatic rings. The Morgan fingerprint density at radius 3 is 2.95 bits per heavy atom. The summed E-state index contributed by atoms with van der Waals surface area (Å²) in [5, 5.41) is 3.94. The van der Waals surface area contributed by atoms with E-state index in [-0.39, 0.29) is 5.91 Å². The fourth-order valence-corrected chi connectivity index (χ4v) is 2.29. The van der Waals surface area contributed by atoms with Crippen LogP contribution in [0.1, 0.15) is 12.5 Å². The number of pyridine rings is 1. The van der Waals surface area contributed by atoms with E-state index in [0.717, 1.165) is 16.5 Å². The van der Waals surface area contributed by atoms with Gasteiger partial charge in [0.15, 0.2) is 0 Å². The summed E-state index contributed by atoms with van der Waals surface area (Å²) in [5.74, 6) is 0.485. The highest BCUT2D eigenvalue weighted by atomic mass is 16.5. The molecule has 5 heteroatoms. The van der Waals surface area contributed by atoms with Gasteiger partial charge in [0.1, 0.15) is 0 Å². The summed E-state index contributed by atoms with van der Waals surface area (Å²) in [7, 11) is 0. The monoisotopic (exact) mass is 295 g/mol. The molecule has 2 N–H and O–H groups in total. The zero-order valence-corrected chi connectivity index (χ0v) is 12.3. The zero-order valence-electron chi connectivity index (χ0n) is 12.3. The van der Waals surface area contributed by atoms with E-state index in [1.165, 1.54) is 0 Å². The molecule has 0 radical (unpaired) electrons. The number of aromatic nitrogens is 2. The van der Waals surface area contributed by atoms with Crippen LogP contribution in [-0.4, -0.2) is 22.5 Å². The van der Waals surface area contributed by atoms with E-state index in [2.05, 4.69) is 15.3 Å². The summed E-state index contributed by atoms with van der Waals surface area (Å²) in [6.45, 7) is 2.47. The Balaban J connectivity index is 1.63. The number of nitrogens with zero attached hydrogens (tertiary/aromatic N) is 1. The van der Waals surface area contributed by atoms with Crippen LogP contribution in [0.3, 0.4) is 0 Å². The molecule has 0 aliphatic carbocycles. The second-order valence-electron chi connectivity index (χ2n) is 4.94. The Morgan fingerprint density at radius 1 is 1.27 bits per heavy atom. The number of benzene rings is 1. The van der Waals surface area contributed by atoms with Crippen molar-refractivity contribution in [2.24, 2.45) is 0 Å². The third kappa shape index (κ3) is 3.25. The molecule has 112 valence electrons. The number of hydrogen-bond donors (Lipinski definition) is 2.